The number of hydrogen-bond donors (Lipinski definition) is 1. The molecule has 16 heavy (non-hydrogen) atoms. The molecule has 0 spiro atoms. The van der Waals surface area contributed by atoms with Crippen LogP contribution in [-0.4, -0.2) is 65.9 Å². The van der Waals surface area contributed by atoms with Crippen LogP contribution in [0.5, 0.6) is 0 Å². The van der Waals surface area contributed by atoms with Crippen LogP contribution in [0.15, 0.2) is 0 Å². The number of carbonyl (C=O) groups excluding carboxylic acids is 1. The molecule has 1 atom stereocenters. The lowest BCUT2D eigenvalue weighted by atomic mass is 10.2. The summed E-state index contributed by atoms with van der Waals surface area (Å²) in [6.07, 6.45) is -0.293. The molecule has 1 saturated heterocycles. The summed E-state index contributed by atoms with van der Waals surface area (Å²) < 4.78 is 5.29. The third-order valence-electron chi connectivity index (χ3n) is 2.64. The first-order valence-electron chi connectivity index (χ1n) is 5.62. The van der Waals surface area contributed by atoms with E-state index in [0.29, 0.717) is 13.1 Å². The second kappa shape index (κ2) is 5.01. The lowest BCUT2D eigenvalue weighted by Gasteiger charge is -2.38. The number of aliphatic hydroxyl groups excluding tert-OH is 1. The van der Waals surface area contributed by atoms with Crippen LogP contribution in [-0.2, 0) is 4.74 Å². The van der Waals surface area contributed by atoms with Crippen LogP contribution in [0.4, 0.5) is 4.79 Å². The molecule has 0 unspecified atom stereocenters. The topological polar surface area (TPSA) is 53.0 Å². The highest BCUT2D eigenvalue weighted by Crippen LogP contribution is 2.13. The van der Waals surface area contributed by atoms with Gasteiger partial charge in [0.1, 0.15) is 5.60 Å². The van der Waals surface area contributed by atoms with E-state index in [2.05, 4.69) is 4.90 Å². The Labute approximate surface area is 97.0 Å². The second-order valence-electron chi connectivity index (χ2n) is 5.24. The molecular weight excluding hydrogens is 208 g/mol. The molecule has 0 bridgehead atoms. The molecule has 1 N–H and O–H groups in total. The van der Waals surface area contributed by atoms with Crippen molar-refractivity contribution in [1.29, 1.82) is 0 Å². The van der Waals surface area contributed by atoms with E-state index in [9.17, 15) is 9.90 Å². The maximum absolute atomic E-state index is 11.8. The number of rotatable bonds is 1. The fourth-order valence-corrected chi connectivity index (χ4v) is 1.64. The molecule has 0 aromatic heterocycles. The number of hydrogen-bond acceptors (Lipinski definition) is 4. The van der Waals surface area contributed by atoms with E-state index in [-0.39, 0.29) is 18.7 Å². The van der Waals surface area contributed by atoms with Crippen LogP contribution < -0.4 is 0 Å². The van der Waals surface area contributed by atoms with E-state index >= 15 is 0 Å². The van der Waals surface area contributed by atoms with Crippen molar-refractivity contribution in [1.82, 2.24) is 9.80 Å². The Balaban J connectivity index is 2.52. The van der Waals surface area contributed by atoms with Crippen molar-refractivity contribution in [3.8, 4) is 0 Å². The summed E-state index contributed by atoms with van der Waals surface area (Å²) in [5, 5.41) is 9.17. The van der Waals surface area contributed by atoms with Crippen LogP contribution in [0.1, 0.15) is 20.8 Å². The zero-order chi connectivity index (χ0) is 12.3. The Morgan fingerprint density at radius 2 is 2.06 bits per heavy atom. The van der Waals surface area contributed by atoms with Crippen LogP contribution in [0.25, 0.3) is 0 Å². The van der Waals surface area contributed by atoms with Crippen molar-refractivity contribution < 1.29 is 14.6 Å². The van der Waals surface area contributed by atoms with Gasteiger partial charge in [-0.05, 0) is 27.8 Å². The highest BCUT2D eigenvalue weighted by Gasteiger charge is 2.29. The van der Waals surface area contributed by atoms with E-state index in [1.165, 1.54) is 0 Å². The minimum atomic E-state index is -0.463. The lowest BCUT2D eigenvalue weighted by molar-refractivity contribution is 0.00107. The molecule has 0 aliphatic carbocycles. The van der Waals surface area contributed by atoms with Gasteiger partial charge >= 0.3 is 6.09 Å². The van der Waals surface area contributed by atoms with Gasteiger partial charge in [0, 0.05) is 19.6 Å². The Morgan fingerprint density at radius 3 is 2.56 bits per heavy atom. The van der Waals surface area contributed by atoms with E-state index < -0.39 is 5.60 Å². The molecule has 0 aromatic rings. The van der Waals surface area contributed by atoms with E-state index in [1.54, 1.807) is 4.90 Å². The molecule has 0 radical (unpaired) electrons. The molecule has 1 rings (SSSR count). The van der Waals surface area contributed by atoms with E-state index in [1.807, 2.05) is 27.8 Å². The monoisotopic (exact) mass is 230 g/mol. The minimum absolute atomic E-state index is 0.0151. The summed E-state index contributed by atoms with van der Waals surface area (Å²) in [5.41, 5.74) is -0.463. The van der Waals surface area contributed by atoms with Crippen molar-refractivity contribution in [2.75, 3.05) is 33.3 Å². The second-order valence-corrected chi connectivity index (χ2v) is 5.24. The van der Waals surface area contributed by atoms with Crippen LogP contribution in [0, 0.1) is 0 Å². The van der Waals surface area contributed by atoms with Crippen molar-refractivity contribution in [2.24, 2.45) is 0 Å². The number of carbonyl (C=O) groups is 1. The summed E-state index contributed by atoms with van der Waals surface area (Å²) in [5.74, 6) is 0. The van der Waals surface area contributed by atoms with Crippen LogP contribution in [0.2, 0.25) is 0 Å². The summed E-state index contributed by atoms with van der Waals surface area (Å²) in [4.78, 5) is 15.5. The summed E-state index contributed by atoms with van der Waals surface area (Å²) in [6.45, 7) is 7.57. The number of likely N-dealkylation sites (N-methyl/N-ethyl adjacent to an activating group) is 1. The maximum atomic E-state index is 11.8. The van der Waals surface area contributed by atoms with Crippen molar-refractivity contribution in [3.05, 3.63) is 0 Å². The minimum Gasteiger partial charge on any atom is -0.444 e. The zero-order valence-corrected chi connectivity index (χ0v) is 10.6. The normalized spacial score (nSPS) is 23.3. The quantitative estimate of drug-likeness (QED) is 0.714. The fourth-order valence-electron chi connectivity index (χ4n) is 1.64. The van der Waals surface area contributed by atoms with Gasteiger partial charge in [-0.3, -0.25) is 4.90 Å². The molecule has 94 valence electrons. The van der Waals surface area contributed by atoms with Gasteiger partial charge in [-0.2, -0.15) is 0 Å². The average Bonchev–Trinajstić information content (AvgIpc) is 2.15. The molecule has 0 saturated carbocycles. The smallest absolute Gasteiger partial charge is 0.410 e. The van der Waals surface area contributed by atoms with Crippen molar-refractivity contribution >= 4 is 6.09 Å². The number of piperazine rings is 1. The van der Waals surface area contributed by atoms with Gasteiger partial charge in [0.25, 0.3) is 0 Å². The van der Waals surface area contributed by atoms with Gasteiger partial charge in [0.15, 0.2) is 0 Å². The first kappa shape index (κ1) is 13.3. The first-order valence-corrected chi connectivity index (χ1v) is 5.62. The Kier molecular flexibility index (Phi) is 4.15. The molecule has 1 fully saturated rings. The number of aliphatic hydroxyl groups is 1. The highest BCUT2D eigenvalue weighted by atomic mass is 16.6. The Morgan fingerprint density at radius 1 is 1.44 bits per heavy atom. The highest BCUT2D eigenvalue weighted by molar-refractivity contribution is 5.68. The predicted molar refractivity (Wildman–Crippen MR) is 61.3 cm³/mol. The zero-order valence-electron chi connectivity index (χ0n) is 10.6. The predicted octanol–water partition coefficient (Wildman–Crippen LogP) is 0.530. The third-order valence-corrected chi connectivity index (χ3v) is 2.64. The van der Waals surface area contributed by atoms with Gasteiger partial charge < -0.3 is 14.7 Å². The fraction of sp³-hybridized carbons (Fsp3) is 0.909. The van der Waals surface area contributed by atoms with Gasteiger partial charge in [-0.15, -0.1) is 0 Å². The number of nitrogens with zero attached hydrogens (tertiary/aromatic N) is 2. The average molecular weight is 230 g/mol. The standard InChI is InChI=1S/C11H22N2O3/c1-11(2,3)16-10(15)13-6-5-12(4)9(7-13)8-14/h9,14H,5-8H2,1-4H3/t9-/m1/s1. The van der Waals surface area contributed by atoms with Crippen molar-refractivity contribution in [2.45, 2.75) is 32.4 Å². The molecule has 1 amide bonds. The number of ether oxygens (including phenoxy) is 1. The van der Waals surface area contributed by atoms with E-state index in [4.69, 9.17) is 4.74 Å². The Bertz CT molecular complexity index is 250. The summed E-state index contributed by atoms with van der Waals surface area (Å²) >= 11 is 0. The molecule has 0 aromatic carbocycles. The van der Waals surface area contributed by atoms with E-state index in [0.717, 1.165) is 6.54 Å². The van der Waals surface area contributed by atoms with Crippen LogP contribution in [0.3, 0.4) is 0 Å². The summed E-state index contributed by atoms with van der Waals surface area (Å²) in [7, 11) is 1.95. The molecule has 1 aliphatic heterocycles. The first-order chi connectivity index (χ1) is 7.33. The SMILES string of the molecule is CN1CCN(C(=O)OC(C)(C)C)C[C@@H]1CO. The molecule has 1 aliphatic rings. The third kappa shape index (κ3) is 3.64. The molecule has 5 nitrogen and oxygen atoms in total. The Hall–Kier alpha value is -0.810. The lowest BCUT2D eigenvalue weighted by Crippen LogP contribution is -2.55. The van der Waals surface area contributed by atoms with Crippen LogP contribution >= 0.6 is 0 Å². The van der Waals surface area contributed by atoms with Gasteiger partial charge in [0.05, 0.1) is 12.6 Å². The molecule has 1 heterocycles. The number of amides is 1. The largest absolute Gasteiger partial charge is 0.444 e. The molecule has 5 heteroatoms. The molecular formula is C11H22N2O3. The maximum Gasteiger partial charge on any atom is 0.410 e. The van der Waals surface area contributed by atoms with Gasteiger partial charge in [-0.25, -0.2) is 4.79 Å². The van der Waals surface area contributed by atoms with Gasteiger partial charge in [-0.1, -0.05) is 0 Å². The van der Waals surface area contributed by atoms with Crippen molar-refractivity contribution in [3.63, 3.8) is 0 Å². The van der Waals surface area contributed by atoms with Gasteiger partial charge in [0.2, 0.25) is 0 Å². The summed E-state index contributed by atoms with van der Waals surface area (Å²) in [6, 6.07) is 0.0151.